The number of aromatic nitrogens is 3. The highest BCUT2D eigenvalue weighted by molar-refractivity contribution is 5.94. The van der Waals surface area contributed by atoms with Gasteiger partial charge in [-0.05, 0) is 31.0 Å². The maximum absolute atomic E-state index is 14.4. The van der Waals surface area contributed by atoms with Crippen LogP contribution in [-0.2, 0) is 0 Å². The first kappa shape index (κ1) is 20.0. The molecule has 1 aromatic carbocycles. The van der Waals surface area contributed by atoms with Gasteiger partial charge in [0.1, 0.15) is 17.7 Å². The number of hydrogen-bond donors (Lipinski definition) is 1. The Morgan fingerprint density at radius 1 is 1.13 bits per heavy atom. The fraction of sp³-hybridized carbons (Fsp3) is 0.364. The maximum atomic E-state index is 14.4. The minimum absolute atomic E-state index is 0.195. The van der Waals surface area contributed by atoms with Gasteiger partial charge in [-0.2, -0.15) is 4.98 Å². The van der Waals surface area contributed by atoms with Crippen LogP contribution < -0.4 is 10.2 Å². The molecule has 0 radical (unpaired) electrons. The van der Waals surface area contributed by atoms with E-state index in [-0.39, 0.29) is 17.3 Å². The molecule has 1 fully saturated rings. The third-order valence-corrected chi connectivity index (χ3v) is 5.23. The molecule has 3 heterocycles. The van der Waals surface area contributed by atoms with Crippen molar-refractivity contribution in [3.63, 3.8) is 0 Å². The SMILES string of the molecule is Cc1nc([C@H](NC(=O)c2ccc(N3CCCCCC3)nc2)c2ccccc2F)no1. The summed E-state index contributed by atoms with van der Waals surface area (Å²) in [5, 5.41) is 6.69. The first-order valence-corrected chi connectivity index (χ1v) is 10.2. The number of amides is 1. The summed E-state index contributed by atoms with van der Waals surface area (Å²) < 4.78 is 19.5. The molecule has 1 N–H and O–H groups in total. The van der Waals surface area contributed by atoms with Gasteiger partial charge in [0.05, 0.1) is 5.56 Å². The largest absolute Gasteiger partial charge is 0.357 e. The lowest BCUT2D eigenvalue weighted by atomic mass is 10.0. The van der Waals surface area contributed by atoms with Gasteiger partial charge in [0, 0.05) is 31.8 Å². The average molecular weight is 409 g/mol. The van der Waals surface area contributed by atoms with Crippen molar-refractivity contribution in [3.05, 3.63) is 71.3 Å². The summed E-state index contributed by atoms with van der Waals surface area (Å²) in [7, 11) is 0. The highest BCUT2D eigenvalue weighted by atomic mass is 19.1. The molecule has 0 saturated carbocycles. The second kappa shape index (κ2) is 9.02. The summed E-state index contributed by atoms with van der Waals surface area (Å²) in [5.74, 6) is 0.553. The van der Waals surface area contributed by atoms with Gasteiger partial charge in [-0.15, -0.1) is 0 Å². The number of pyridine rings is 1. The third-order valence-electron chi connectivity index (χ3n) is 5.23. The van der Waals surface area contributed by atoms with E-state index in [1.165, 1.54) is 18.9 Å². The normalized spacial score (nSPS) is 15.5. The minimum Gasteiger partial charge on any atom is -0.357 e. The van der Waals surface area contributed by atoms with Gasteiger partial charge in [0.15, 0.2) is 5.82 Å². The van der Waals surface area contributed by atoms with Crippen molar-refractivity contribution < 1.29 is 13.7 Å². The molecule has 1 aliphatic heterocycles. The second-order valence-corrected chi connectivity index (χ2v) is 7.41. The molecule has 1 amide bonds. The van der Waals surface area contributed by atoms with Gasteiger partial charge in [-0.1, -0.05) is 36.2 Å². The first-order chi connectivity index (χ1) is 14.6. The summed E-state index contributed by atoms with van der Waals surface area (Å²) in [6, 6.07) is 8.93. The zero-order chi connectivity index (χ0) is 20.9. The first-order valence-electron chi connectivity index (χ1n) is 10.2. The quantitative estimate of drug-likeness (QED) is 0.690. The monoisotopic (exact) mass is 409 g/mol. The van der Waals surface area contributed by atoms with E-state index in [4.69, 9.17) is 4.52 Å². The Balaban J connectivity index is 1.54. The lowest BCUT2D eigenvalue weighted by molar-refractivity contribution is 0.0940. The average Bonchev–Trinajstić information content (AvgIpc) is 3.01. The molecule has 0 unspecified atom stereocenters. The van der Waals surface area contributed by atoms with Crippen molar-refractivity contribution in [2.75, 3.05) is 18.0 Å². The Bertz CT molecular complexity index is 997. The van der Waals surface area contributed by atoms with Gasteiger partial charge in [0.25, 0.3) is 5.91 Å². The van der Waals surface area contributed by atoms with Crippen LogP contribution in [0.1, 0.15) is 59.4 Å². The van der Waals surface area contributed by atoms with E-state index in [9.17, 15) is 9.18 Å². The summed E-state index contributed by atoms with van der Waals surface area (Å²) >= 11 is 0. The molecule has 0 aliphatic carbocycles. The van der Waals surface area contributed by atoms with Crippen LogP contribution in [0.4, 0.5) is 10.2 Å². The summed E-state index contributed by atoms with van der Waals surface area (Å²) in [4.78, 5) is 23.8. The number of rotatable bonds is 5. The third kappa shape index (κ3) is 4.48. The van der Waals surface area contributed by atoms with Gasteiger partial charge >= 0.3 is 0 Å². The maximum Gasteiger partial charge on any atom is 0.253 e. The van der Waals surface area contributed by atoms with Crippen LogP contribution in [-0.4, -0.2) is 34.1 Å². The number of nitrogens with one attached hydrogen (secondary N) is 1. The van der Waals surface area contributed by atoms with E-state index in [0.717, 1.165) is 31.7 Å². The fourth-order valence-electron chi connectivity index (χ4n) is 3.64. The van der Waals surface area contributed by atoms with Crippen LogP contribution >= 0.6 is 0 Å². The molecule has 3 aromatic rings. The molecule has 156 valence electrons. The molecule has 7 nitrogen and oxygen atoms in total. The van der Waals surface area contributed by atoms with Crippen molar-refractivity contribution in [2.45, 2.75) is 38.6 Å². The lowest BCUT2D eigenvalue weighted by Gasteiger charge is -2.21. The van der Waals surface area contributed by atoms with Crippen LogP contribution in [0.15, 0.2) is 47.1 Å². The summed E-state index contributed by atoms with van der Waals surface area (Å²) in [6.07, 6.45) is 6.33. The number of hydrogen-bond acceptors (Lipinski definition) is 6. The number of aryl methyl sites for hydroxylation is 1. The van der Waals surface area contributed by atoms with E-state index >= 15 is 0 Å². The van der Waals surface area contributed by atoms with Crippen LogP contribution in [0.3, 0.4) is 0 Å². The smallest absolute Gasteiger partial charge is 0.253 e. The molecule has 1 aliphatic rings. The Kier molecular flexibility index (Phi) is 6.02. The van der Waals surface area contributed by atoms with Crippen LogP contribution in [0.25, 0.3) is 0 Å². The number of carbonyl (C=O) groups excluding carboxylic acids is 1. The molecular formula is C22H24FN5O2. The molecule has 1 atom stereocenters. The van der Waals surface area contributed by atoms with Gasteiger partial charge < -0.3 is 14.7 Å². The fourth-order valence-corrected chi connectivity index (χ4v) is 3.64. The highest BCUT2D eigenvalue weighted by Gasteiger charge is 2.25. The predicted molar refractivity (Wildman–Crippen MR) is 110 cm³/mol. The number of carbonyl (C=O) groups is 1. The Hall–Kier alpha value is -3.29. The van der Waals surface area contributed by atoms with E-state index in [2.05, 4.69) is 25.3 Å². The predicted octanol–water partition coefficient (Wildman–Crippen LogP) is 3.81. The molecule has 0 spiro atoms. The standard InChI is InChI=1S/C22H24FN5O2/c1-15-25-21(27-30-15)20(17-8-4-5-9-18(17)23)26-22(29)16-10-11-19(24-14-16)28-12-6-2-3-7-13-28/h4-5,8-11,14,20H,2-3,6-7,12-13H2,1H3,(H,26,29)/t20-/m1/s1. The van der Waals surface area contributed by atoms with Crippen molar-refractivity contribution in [2.24, 2.45) is 0 Å². The van der Waals surface area contributed by atoms with Crippen LogP contribution in [0.5, 0.6) is 0 Å². The van der Waals surface area contributed by atoms with Crippen LogP contribution in [0, 0.1) is 12.7 Å². The van der Waals surface area contributed by atoms with Crippen molar-refractivity contribution in [1.82, 2.24) is 20.4 Å². The van der Waals surface area contributed by atoms with E-state index in [1.54, 1.807) is 37.4 Å². The van der Waals surface area contributed by atoms with Gasteiger partial charge in [-0.3, -0.25) is 4.79 Å². The number of benzene rings is 1. The molecule has 1 saturated heterocycles. The topological polar surface area (TPSA) is 84.2 Å². The molecule has 4 rings (SSSR count). The number of halogens is 1. The minimum atomic E-state index is -0.874. The van der Waals surface area contributed by atoms with E-state index in [1.807, 2.05) is 6.07 Å². The van der Waals surface area contributed by atoms with E-state index in [0.29, 0.717) is 11.5 Å². The molecular weight excluding hydrogens is 385 g/mol. The van der Waals surface area contributed by atoms with Crippen molar-refractivity contribution >= 4 is 11.7 Å². The zero-order valence-corrected chi connectivity index (χ0v) is 16.8. The molecule has 0 bridgehead atoms. The highest BCUT2D eigenvalue weighted by Crippen LogP contribution is 2.23. The lowest BCUT2D eigenvalue weighted by Crippen LogP contribution is -2.31. The summed E-state index contributed by atoms with van der Waals surface area (Å²) in [5.41, 5.74) is 0.649. The number of nitrogens with zero attached hydrogens (tertiary/aromatic N) is 4. The molecule has 8 heteroatoms. The van der Waals surface area contributed by atoms with Crippen LogP contribution in [0.2, 0.25) is 0 Å². The van der Waals surface area contributed by atoms with E-state index < -0.39 is 11.9 Å². The van der Waals surface area contributed by atoms with Gasteiger partial charge in [-0.25, -0.2) is 9.37 Å². The second-order valence-electron chi connectivity index (χ2n) is 7.41. The zero-order valence-electron chi connectivity index (χ0n) is 16.8. The van der Waals surface area contributed by atoms with Crippen molar-refractivity contribution in [1.29, 1.82) is 0 Å². The Morgan fingerprint density at radius 3 is 2.53 bits per heavy atom. The molecule has 2 aromatic heterocycles. The number of anilines is 1. The van der Waals surface area contributed by atoms with Crippen molar-refractivity contribution in [3.8, 4) is 0 Å². The van der Waals surface area contributed by atoms with Gasteiger partial charge in [0.2, 0.25) is 5.89 Å². The Morgan fingerprint density at radius 2 is 1.90 bits per heavy atom. The Labute approximate surface area is 174 Å². The summed E-state index contributed by atoms with van der Waals surface area (Å²) in [6.45, 7) is 3.60. The molecule has 30 heavy (non-hydrogen) atoms.